The molecule has 0 aromatic heterocycles. The van der Waals surface area contributed by atoms with Gasteiger partial charge in [0.2, 0.25) is 0 Å². The van der Waals surface area contributed by atoms with E-state index in [9.17, 15) is 25.2 Å². The third-order valence-electron chi connectivity index (χ3n) is 17.6. The molecule has 5 unspecified atom stereocenters. The first-order valence-electron chi connectivity index (χ1n) is 23.5. The number of nitrogens with zero attached hydrogens (tertiary/aromatic N) is 1. The molecule has 9 rings (SSSR count). The third-order valence-corrected chi connectivity index (χ3v) is 17.6. The van der Waals surface area contributed by atoms with Crippen molar-refractivity contribution < 1.29 is 58.4 Å². The van der Waals surface area contributed by atoms with Crippen molar-refractivity contribution in [1.82, 2.24) is 4.90 Å². The molecule has 334 valence electrons. The highest BCUT2D eigenvalue weighted by atomic mass is 16.7. The van der Waals surface area contributed by atoms with Crippen molar-refractivity contribution in [3.05, 3.63) is 11.6 Å². The minimum absolute atomic E-state index is 0.0168. The van der Waals surface area contributed by atoms with Crippen molar-refractivity contribution in [2.75, 3.05) is 19.7 Å². The number of rotatable bonds is 8. The van der Waals surface area contributed by atoms with Gasteiger partial charge in [0.15, 0.2) is 18.9 Å². The van der Waals surface area contributed by atoms with Crippen LogP contribution in [0.15, 0.2) is 11.6 Å². The largest absolute Gasteiger partial charge is 0.458 e. The average molecular weight is 832 g/mol. The number of aliphatic hydroxyl groups is 4. The van der Waals surface area contributed by atoms with Crippen LogP contribution < -0.4 is 0 Å². The number of cyclic esters (lactones) is 1. The highest BCUT2D eigenvalue weighted by molar-refractivity contribution is 5.85. The molecule has 0 bridgehead atoms. The fourth-order valence-electron chi connectivity index (χ4n) is 14.4. The Bertz CT molecular complexity index is 1520. The molecule has 19 atom stereocenters. The Labute approximate surface area is 350 Å². The summed E-state index contributed by atoms with van der Waals surface area (Å²) in [5.74, 6) is 0.286. The maximum absolute atomic E-state index is 12.6. The van der Waals surface area contributed by atoms with E-state index in [0.29, 0.717) is 24.8 Å². The van der Waals surface area contributed by atoms with Gasteiger partial charge in [-0.2, -0.15) is 0 Å². The first-order chi connectivity index (χ1) is 28.2. The lowest BCUT2D eigenvalue weighted by Gasteiger charge is -2.65. The quantitative estimate of drug-likeness (QED) is 0.196. The highest BCUT2D eigenvalue weighted by Gasteiger charge is 2.71. The van der Waals surface area contributed by atoms with Crippen LogP contribution in [0.5, 0.6) is 0 Å². The van der Waals surface area contributed by atoms with E-state index < -0.39 is 72.6 Å². The minimum Gasteiger partial charge on any atom is -0.458 e. The number of fused-ring (bicyclic) bond motifs is 5. The molecule has 3 saturated heterocycles. The van der Waals surface area contributed by atoms with Crippen LogP contribution in [0.25, 0.3) is 0 Å². The lowest BCUT2D eigenvalue weighted by molar-refractivity contribution is -0.329. The van der Waals surface area contributed by atoms with Crippen LogP contribution in [-0.4, -0.2) is 136 Å². The van der Waals surface area contributed by atoms with Gasteiger partial charge in [-0.1, -0.05) is 26.7 Å². The van der Waals surface area contributed by atoms with E-state index >= 15 is 0 Å². The van der Waals surface area contributed by atoms with E-state index in [1.54, 1.807) is 6.08 Å². The number of aliphatic hydroxyl groups excluding tert-OH is 3. The highest BCUT2D eigenvalue weighted by Crippen LogP contribution is 2.70. The monoisotopic (exact) mass is 832 g/mol. The first-order valence-corrected chi connectivity index (χ1v) is 23.5. The van der Waals surface area contributed by atoms with E-state index in [0.717, 1.165) is 63.6 Å². The van der Waals surface area contributed by atoms with Crippen LogP contribution in [0, 0.1) is 34.5 Å². The number of ether oxygens (including phenoxy) is 7. The third kappa shape index (κ3) is 7.80. The Kier molecular flexibility index (Phi) is 12.2. The molecule has 0 radical (unpaired) electrons. The van der Waals surface area contributed by atoms with Crippen LogP contribution in [0.2, 0.25) is 0 Å². The van der Waals surface area contributed by atoms with E-state index in [-0.39, 0.29) is 60.8 Å². The van der Waals surface area contributed by atoms with Gasteiger partial charge in [0, 0.05) is 49.9 Å². The number of carbonyl (C=O) groups is 1. The zero-order chi connectivity index (χ0) is 41.4. The Hall–Kier alpha value is -1.23. The lowest BCUT2D eigenvalue weighted by Crippen LogP contribution is -2.67. The van der Waals surface area contributed by atoms with Gasteiger partial charge in [0.1, 0.15) is 18.8 Å². The molecule has 4 N–H and O–H groups in total. The van der Waals surface area contributed by atoms with Crippen LogP contribution in [0.1, 0.15) is 131 Å². The van der Waals surface area contributed by atoms with Crippen molar-refractivity contribution in [2.24, 2.45) is 34.5 Å². The maximum atomic E-state index is 12.6. The van der Waals surface area contributed by atoms with Crippen molar-refractivity contribution in [3.8, 4) is 0 Å². The van der Waals surface area contributed by atoms with Gasteiger partial charge in [-0.3, -0.25) is 4.90 Å². The van der Waals surface area contributed by atoms with Gasteiger partial charge in [0.25, 0.3) is 0 Å². The standard InChI is InChI=1S/C46H73NO12/c1-25-23-47(30-8-6-7-9-30)17-14-39(54-25)58-42-26(2)56-41(22-36(42)49)59-43-27(3)55-40(21-35(43)48)57-31-12-15-44(4)29(19-31)10-11-33-34(44)20-37(50)45(5)32(13-16-46(33,45)52)28-18-38(51)53-24-28/h18,25-27,29-37,39-43,48-50,52H,6-17,19-24H2,1-5H3/t25?,26-,27-,29?,31-,32+,33?,34?,35-,36-,37-,39?,40-,41-,42+,43+,44-,45-,46-/m0/s1. The summed E-state index contributed by atoms with van der Waals surface area (Å²) in [6.07, 6.45) is 8.45. The molecule has 13 nitrogen and oxygen atoms in total. The molecule has 59 heavy (non-hydrogen) atoms. The van der Waals surface area contributed by atoms with E-state index in [1.165, 1.54) is 25.7 Å². The second kappa shape index (κ2) is 16.7. The normalized spacial score (nSPS) is 52.3. The fraction of sp³-hybridized carbons (Fsp3) is 0.935. The minimum atomic E-state index is -0.998. The van der Waals surface area contributed by atoms with Crippen molar-refractivity contribution in [1.29, 1.82) is 0 Å². The molecule has 5 saturated carbocycles. The van der Waals surface area contributed by atoms with Crippen LogP contribution in [0.4, 0.5) is 0 Å². The van der Waals surface area contributed by atoms with E-state index in [2.05, 4.69) is 25.7 Å². The van der Waals surface area contributed by atoms with Gasteiger partial charge in [0.05, 0.1) is 48.3 Å². The summed E-state index contributed by atoms with van der Waals surface area (Å²) < 4.78 is 43.6. The zero-order valence-corrected chi connectivity index (χ0v) is 36.1. The van der Waals surface area contributed by atoms with Gasteiger partial charge in [-0.05, 0) is 120 Å². The first kappa shape index (κ1) is 43.0. The SMILES string of the molecule is CC1CN(C2CCCC2)CCC(O[C@@H]2[C@H](C)O[C@@H](O[C@@H]3[C@H](C)O[C@@H](O[C@H]4CC[C@@]5(C)C(CCC6C5C[C@H](O)[C@]5(C)[C@@H](C7=CC(=O)OC7)CC[C@]65O)C4)C[C@@H]3O)C[C@@H]2O)O1. The fourth-order valence-corrected chi connectivity index (χ4v) is 14.4. The molecule has 0 aromatic carbocycles. The molecule has 4 aliphatic heterocycles. The number of carbonyl (C=O) groups excluding carboxylic acids is 1. The Balaban J connectivity index is 0.757. The molecular weight excluding hydrogens is 759 g/mol. The molecule has 0 aromatic rings. The van der Waals surface area contributed by atoms with Gasteiger partial charge in [-0.15, -0.1) is 0 Å². The smallest absolute Gasteiger partial charge is 0.331 e. The van der Waals surface area contributed by atoms with Crippen LogP contribution >= 0.6 is 0 Å². The second-order valence-electron chi connectivity index (χ2n) is 20.8. The Morgan fingerprint density at radius 1 is 0.746 bits per heavy atom. The zero-order valence-electron chi connectivity index (χ0n) is 36.1. The summed E-state index contributed by atoms with van der Waals surface area (Å²) in [6, 6.07) is 0.632. The van der Waals surface area contributed by atoms with Gasteiger partial charge >= 0.3 is 5.97 Å². The van der Waals surface area contributed by atoms with Crippen molar-refractivity contribution in [2.45, 2.75) is 216 Å². The van der Waals surface area contributed by atoms with Crippen LogP contribution in [-0.2, 0) is 38.0 Å². The van der Waals surface area contributed by atoms with Crippen molar-refractivity contribution in [3.63, 3.8) is 0 Å². The lowest BCUT2D eigenvalue weighted by atomic mass is 9.42. The number of esters is 1. The van der Waals surface area contributed by atoms with Crippen LogP contribution in [0.3, 0.4) is 0 Å². The molecule has 9 aliphatic rings. The summed E-state index contributed by atoms with van der Waals surface area (Å²) in [6.45, 7) is 12.4. The summed E-state index contributed by atoms with van der Waals surface area (Å²) in [7, 11) is 0. The van der Waals surface area contributed by atoms with E-state index in [1.807, 2.05) is 13.8 Å². The maximum Gasteiger partial charge on any atom is 0.331 e. The Morgan fingerprint density at radius 3 is 2.08 bits per heavy atom. The predicted molar refractivity (Wildman–Crippen MR) is 214 cm³/mol. The van der Waals surface area contributed by atoms with Gasteiger partial charge < -0.3 is 53.6 Å². The molecule has 0 spiro atoms. The summed E-state index contributed by atoms with van der Waals surface area (Å²) in [5, 5.41) is 47.2. The number of hydrogen-bond donors (Lipinski definition) is 4. The topological polar surface area (TPSA) is 166 Å². The number of hydrogen-bond acceptors (Lipinski definition) is 13. The Morgan fingerprint density at radius 2 is 1.42 bits per heavy atom. The molecule has 4 heterocycles. The average Bonchev–Trinajstić information content (AvgIpc) is 3.91. The molecule has 13 heteroatoms. The van der Waals surface area contributed by atoms with Crippen molar-refractivity contribution >= 4 is 5.97 Å². The molecule has 8 fully saturated rings. The second-order valence-corrected chi connectivity index (χ2v) is 20.8. The van der Waals surface area contributed by atoms with Gasteiger partial charge in [-0.25, -0.2) is 4.79 Å². The van der Waals surface area contributed by atoms with E-state index in [4.69, 9.17) is 33.2 Å². The predicted octanol–water partition coefficient (Wildman–Crippen LogP) is 4.74. The summed E-state index contributed by atoms with van der Waals surface area (Å²) in [5.41, 5.74) is -0.830. The molecule has 5 aliphatic carbocycles. The summed E-state index contributed by atoms with van der Waals surface area (Å²) in [4.78, 5) is 14.5. The molecular formula is C46H73NO12. The molecule has 0 amide bonds. The summed E-state index contributed by atoms with van der Waals surface area (Å²) >= 11 is 0.